The molecular formula is C17H25NS. The Labute approximate surface area is 121 Å². The van der Waals surface area contributed by atoms with Gasteiger partial charge in [0.25, 0.3) is 0 Å². The van der Waals surface area contributed by atoms with Crippen molar-refractivity contribution in [1.82, 2.24) is 5.32 Å². The van der Waals surface area contributed by atoms with Crippen LogP contribution in [0.15, 0.2) is 29.2 Å². The molecule has 1 aromatic carbocycles. The van der Waals surface area contributed by atoms with Crippen molar-refractivity contribution in [3.8, 4) is 0 Å². The van der Waals surface area contributed by atoms with Crippen LogP contribution in [0.25, 0.3) is 0 Å². The Morgan fingerprint density at radius 2 is 2.05 bits per heavy atom. The second-order valence-electron chi connectivity index (χ2n) is 6.33. The van der Waals surface area contributed by atoms with E-state index < -0.39 is 0 Å². The Morgan fingerprint density at radius 3 is 2.95 bits per heavy atom. The molecule has 0 saturated heterocycles. The molecular weight excluding hydrogens is 250 g/mol. The van der Waals surface area contributed by atoms with Gasteiger partial charge in [0.1, 0.15) is 0 Å². The van der Waals surface area contributed by atoms with E-state index in [0.29, 0.717) is 5.92 Å². The van der Waals surface area contributed by atoms with Gasteiger partial charge in [-0.15, -0.1) is 11.8 Å². The summed E-state index contributed by atoms with van der Waals surface area (Å²) in [5, 5.41) is 3.87. The molecule has 1 nitrogen and oxygen atoms in total. The summed E-state index contributed by atoms with van der Waals surface area (Å²) in [5.41, 5.74) is 1.57. The van der Waals surface area contributed by atoms with E-state index in [4.69, 9.17) is 0 Å². The SMILES string of the molecule is CC1CCCC(NCC2CSc3ccccc32)C1C. The first-order valence-corrected chi connectivity index (χ1v) is 8.69. The summed E-state index contributed by atoms with van der Waals surface area (Å²) in [5.74, 6) is 3.68. The van der Waals surface area contributed by atoms with Gasteiger partial charge in [0.2, 0.25) is 0 Å². The van der Waals surface area contributed by atoms with Crippen LogP contribution in [0, 0.1) is 11.8 Å². The maximum Gasteiger partial charge on any atom is 0.0108 e. The molecule has 0 aromatic heterocycles. The summed E-state index contributed by atoms with van der Waals surface area (Å²) in [6.07, 6.45) is 4.19. The number of thioether (sulfide) groups is 1. The summed E-state index contributed by atoms with van der Waals surface area (Å²) in [6, 6.07) is 9.66. The molecule has 1 saturated carbocycles. The summed E-state index contributed by atoms with van der Waals surface area (Å²) < 4.78 is 0. The zero-order valence-electron chi connectivity index (χ0n) is 12.1. The first-order chi connectivity index (χ1) is 9.25. The zero-order chi connectivity index (χ0) is 13.2. The maximum absolute atomic E-state index is 3.87. The predicted molar refractivity (Wildman–Crippen MR) is 83.9 cm³/mol. The molecule has 1 heterocycles. The maximum atomic E-state index is 3.87. The normalized spacial score (nSPS) is 34.2. The smallest absolute Gasteiger partial charge is 0.0108 e. The van der Waals surface area contributed by atoms with E-state index in [-0.39, 0.29) is 0 Å². The van der Waals surface area contributed by atoms with Crippen molar-refractivity contribution in [3.05, 3.63) is 29.8 Å². The summed E-state index contributed by atoms with van der Waals surface area (Å²) in [7, 11) is 0. The van der Waals surface area contributed by atoms with Crippen LogP contribution in [0.3, 0.4) is 0 Å². The van der Waals surface area contributed by atoms with E-state index >= 15 is 0 Å². The molecule has 2 heteroatoms. The van der Waals surface area contributed by atoms with Crippen LogP contribution in [-0.2, 0) is 0 Å². The Morgan fingerprint density at radius 1 is 1.21 bits per heavy atom. The molecule has 0 amide bonds. The Balaban J connectivity index is 1.59. The van der Waals surface area contributed by atoms with Crippen LogP contribution in [0.1, 0.15) is 44.6 Å². The third-order valence-electron chi connectivity index (χ3n) is 5.13. The molecule has 0 radical (unpaired) electrons. The van der Waals surface area contributed by atoms with Gasteiger partial charge >= 0.3 is 0 Å². The van der Waals surface area contributed by atoms with Crippen molar-refractivity contribution in [2.75, 3.05) is 12.3 Å². The van der Waals surface area contributed by atoms with E-state index in [1.807, 2.05) is 11.8 Å². The number of nitrogens with one attached hydrogen (secondary N) is 1. The molecule has 1 N–H and O–H groups in total. The number of hydrogen-bond acceptors (Lipinski definition) is 2. The van der Waals surface area contributed by atoms with E-state index in [2.05, 4.69) is 43.4 Å². The van der Waals surface area contributed by atoms with Crippen molar-refractivity contribution >= 4 is 11.8 Å². The van der Waals surface area contributed by atoms with Crippen LogP contribution in [0.2, 0.25) is 0 Å². The van der Waals surface area contributed by atoms with Crippen LogP contribution in [0.5, 0.6) is 0 Å². The number of fused-ring (bicyclic) bond motifs is 1. The minimum absolute atomic E-state index is 0.714. The van der Waals surface area contributed by atoms with Crippen LogP contribution in [0.4, 0.5) is 0 Å². The van der Waals surface area contributed by atoms with Crippen molar-refractivity contribution in [1.29, 1.82) is 0 Å². The Hall–Kier alpha value is -0.470. The molecule has 0 spiro atoms. The molecule has 19 heavy (non-hydrogen) atoms. The lowest BCUT2D eigenvalue weighted by molar-refractivity contribution is 0.206. The van der Waals surface area contributed by atoms with Crippen molar-refractivity contribution in [2.45, 2.75) is 50.0 Å². The highest BCUT2D eigenvalue weighted by atomic mass is 32.2. The average Bonchev–Trinajstić information content (AvgIpc) is 2.84. The highest BCUT2D eigenvalue weighted by Gasteiger charge is 2.28. The molecule has 1 fully saturated rings. The molecule has 4 atom stereocenters. The third-order valence-corrected chi connectivity index (χ3v) is 6.38. The molecule has 2 aliphatic rings. The highest BCUT2D eigenvalue weighted by Crippen LogP contribution is 2.39. The van der Waals surface area contributed by atoms with Crippen molar-refractivity contribution < 1.29 is 0 Å². The summed E-state index contributed by atoms with van der Waals surface area (Å²) in [6.45, 7) is 6.00. The molecule has 1 aliphatic carbocycles. The van der Waals surface area contributed by atoms with Gasteiger partial charge in [-0.25, -0.2) is 0 Å². The zero-order valence-corrected chi connectivity index (χ0v) is 12.9. The predicted octanol–water partition coefficient (Wildman–Crippen LogP) is 4.29. The Bertz CT molecular complexity index is 431. The lowest BCUT2D eigenvalue weighted by Crippen LogP contribution is -2.42. The van der Waals surface area contributed by atoms with Gasteiger partial charge in [-0.2, -0.15) is 0 Å². The molecule has 1 aliphatic heterocycles. The Kier molecular flexibility index (Phi) is 4.18. The monoisotopic (exact) mass is 275 g/mol. The molecule has 0 bridgehead atoms. The minimum Gasteiger partial charge on any atom is -0.313 e. The van der Waals surface area contributed by atoms with E-state index in [0.717, 1.165) is 24.4 Å². The van der Waals surface area contributed by atoms with Gasteiger partial charge in [-0.05, 0) is 29.9 Å². The van der Waals surface area contributed by atoms with Gasteiger partial charge in [0.15, 0.2) is 0 Å². The van der Waals surface area contributed by atoms with Gasteiger partial charge in [-0.1, -0.05) is 44.9 Å². The van der Waals surface area contributed by atoms with Crippen molar-refractivity contribution in [2.24, 2.45) is 11.8 Å². The number of rotatable bonds is 3. The summed E-state index contributed by atoms with van der Waals surface area (Å²) >= 11 is 2.02. The fourth-order valence-electron chi connectivity index (χ4n) is 3.56. The average molecular weight is 275 g/mol. The minimum atomic E-state index is 0.714. The molecule has 1 aromatic rings. The van der Waals surface area contributed by atoms with Crippen molar-refractivity contribution in [3.63, 3.8) is 0 Å². The van der Waals surface area contributed by atoms with Crippen LogP contribution >= 0.6 is 11.8 Å². The number of hydrogen-bond donors (Lipinski definition) is 1. The fraction of sp³-hybridized carbons (Fsp3) is 0.647. The summed E-state index contributed by atoms with van der Waals surface area (Å²) in [4.78, 5) is 1.50. The van der Waals surface area contributed by atoms with Gasteiger partial charge < -0.3 is 5.32 Å². The second-order valence-corrected chi connectivity index (χ2v) is 7.39. The van der Waals surface area contributed by atoms with Gasteiger partial charge in [0, 0.05) is 29.2 Å². The molecule has 3 rings (SSSR count). The lowest BCUT2D eigenvalue weighted by atomic mass is 9.78. The van der Waals surface area contributed by atoms with Gasteiger partial charge in [0.05, 0.1) is 0 Å². The fourth-order valence-corrected chi connectivity index (χ4v) is 4.82. The number of benzene rings is 1. The third kappa shape index (κ3) is 2.85. The molecule has 104 valence electrons. The van der Waals surface area contributed by atoms with Crippen LogP contribution in [-0.4, -0.2) is 18.3 Å². The first kappa shape index (κ1) is 13.5. The topological polar surface area (TPSA) is 12.0 Å². The second kappa shape index (κ2) is 5.88. The lowest BCUT2D eigenvalue weighted by Gasteiger charge is -2.35. The van der Waals surface area contributed by atoms with E-state index in [1.54, 1.807) is 5.56 Å². The van der Waals surface area contributed by atoms with Gasteiger partial charge in [-0.3, -0.25) is 0 Å². The van der Waals surface area contributed by atoms with E-state index in [1.165, 1.54) is 29.9 Å². The highest BCUT2D eigenvalue weighted by molar-refractivity contribution is 7.99. The quantitative estimate of drug-likeness (QED) is 0.883. The molecule has 4 unspecified atom stereocenters. The standard InChI is InChI=1S/C17H25NS/c1-12-6-5-8-16(13(12)2)18-10-14-11-19-17-9-4-3-7-15(14)17/h3-4,7,9,12-14,16,18H,5-6,8,10-11H2,1-2H3. The first-order valence-electron chi connectivity index (χ1n) is 7.71. The van der Waals surface area contributed by atoms with Crippen LogP contribution < -0.4 is 5.32 Å². The van der Waals surface area contributed by atoms with E-state index in [9.17, 15) is 0 Å². The largest absolute Gasteiger partial charge is 0.313 e.